The van der Waals surface area contributed by atoms with Crippen LogP contribution < -0.4 is 4.74 Å². The van der Waals surface area contributed by atoms with Gasteiger partial charge in [-0.25, -0.2) is 9.78 Å². The molecule has 0 bridgehead atoms. The second kappa shape index (κ2) is 7.16. The first-order chi connectivity index (χ1) is 11.7. The third kappa shape index (κ3) is 3.40. The van der Waals surface area contributed by atoms with Gasteiger partial charge in [0.25, 0.3) is 0 Å². The Morgan fingerprint density at radius 3 is 2.88 bits per heavy atom. The number of rotatable bonds is 5. The van der Waals surface area contributed by atoms with Crippen LogP contribution in [0.25, 0.3) is 0 Å². The standard InChI is InChI=1S/C17H19N3O4/c1-23-17(22)15-9-13-14(19-11-18-13)10-20(15)16(21)7-8-24-12-5-3-2-4-6-12/h2-6,11,15H,7-10H2,1H3,(H,18,19). The Hall–Kier alpha value is -2.83. The van der Waals surface area contributed by atoms with Gasteiger partial charge in [-0.1, -0.05) is 18.2 Å². The number of nitrogens with zero attached hydrogens (tertiary/aromatic N) is 2. The van der Waals surface area contributed by atoms with Crippen LogP contribution in [0, 0.1) is 0 Å². The van der Waals surface area contributed by atoms with E-state index in [2.05, 4.69) is 9.97 Å². The Morgan fingerprint density at radius 2 is 2.12 bits per heavy atom. The van der Waals surface area contributed by atoms with Crippen LogP contribution in [0.15, 0.2) is 36.7 Å². The van der Waals surface area contributed by atoms with Crippen molar-refractivity contribution in [1.29, 1.82) is 0 Å². The van der Waals surface area contributed by atoms with Gasteiger partial charge >= 0.3 is 5.97 Å². The number of benzene rings is 1. The number of aromatic nitrogens is 2. The minimum Gasteiger partial charge on any atom is -0.493 e. The van der Waals surface area contributed by atoms with Crippen LogP contribution in [0.4, 0.5) is 0 Å². The van der Waals surface area contributed by atoms with Crippen molar-refractivity contribution in [3.05, 3.63) is 48.0 Å². The molecule has 1 aliphatic rings. The number of nitrogens with one attached hydrogen (secondary N) is 1. The number of carbonyl (C=O) groups is 2. The van der Waals surface area contributed by atoms with Crippen molar-refractivity contribution >= 4 is 11.9 Å². The summed E-state index contributed by atoms with van der Waals surface area (Å²) < 4.78 is 10.4. The van der Waals surface area contributed by atoms with E-state index in [1.54, 1.807) is 6.33 Å². The molecule has 1 atom stereocenters. The van der Waals surface area contributed by atoms with Crippen LogP contribution in [-0.2, 0) is 27.3 Å². The number of ether oxygens (including phenoxy) is 2. The van der Waals surface area contributed by atoms with Gasteiger partial charge in [0.2, 0.25) is 5.91 Å². The van der Waals surface area contributed by atoms with E-state index in [1.807, 2.05) is 30.3 Å². The average molecular weight is 329 g/mol. The van der Waals surface area contributed by atoms with Crippen molar-refractivity contribution in [1.82, 2.24) is 14.9 Å². The number of fused-ring (bicyclic) bond motifs is 1. The highest BCUT2D eigenvalue weighted by Gasteiger charge is 2.36. The molecule has 2 heterocycles. The number of hydrogen-bond donors (Lipinski definition) is 1. The summed E-state index contributed by atoms with van der Waals surface area (Å²) in [5.74, 6) is 0.131. The largest absolute Gasteiger partial charge is 0.493 e. The van der Waals surface area contributed by atoms with E-state index in [4.69, 9.17) is 9.47 Å². The predicted molar refractivity (Wildman–Crippen MR) is 85.2 cm³/mol. The zero-order chi connectivity index (χ0) is 16.9. The van der Waals surface area contributed by atoms with E-state index in [0.29, 0.717) is 18.7 Å². The van der Waals surface area contributed by atoms with Crippen LogP contribution in [-0.4, -0.2) is 46.5 Å². The molecule has 0 saturated carbocycles. The molecule has 126 valence electrons. The number of hydrogen-bond acceptors (Lipinski definition) is 5. The maximum atomic E-state index is 12.6. The first-order valence-corrected chi connectivity index (χ1v) is 7.75. The Balaban J connectivity index is 1.64. The zero-order valence-electron chi connectivity index (χ0n) is 13.4. The highest BCUT2D eigenvalue weighted by molar-refractivity contribution is 5.85. The van der Waals surface area contributed by atoms with Crippen molar-refractivity contribution in [3.63, 3.8) is 0 Å². The van der Waals surface area contributed by atoms with Crippen molar-refractivity contribution < 1.29 is 19.1 Å². The summed E-state index contributed by atoms with van der Waals surface area (Å²) >= 11 is 0. The molecule has 3 rings (SSSR count). The average Bonchev–Trinajstić information content (AvgIpc) is 3.08. The van der Waals surface area contributed by atoms with Crippen LogP contribution in [0.3, 0.4) is 0 Å². The fraction of sp³-hybridized carbons (Fsp3) is 0.353. The molecule has 1 aromatic heterocycles. The van der Waals surface area contributed by atoms with Crippen LogP contribution in [0.1, 0.15) is 17.8 Å². The Labute approximate surface area is 139 Å². The van der Waals surface area contributed by atoms with Gasteiger partial charge in [0.05, 0.1) is 44.4 Å². The number of methoxy groups -OCH3 is 1. The molecule has 0 radical (unpaired) electrons. The summed E-state index contributed by atoms with van der Waals surface area (Å²) in [6, 6.07) is 8.66. The molecule has 7 nitrogen and oxygen atoms in total. The lowest BCUT2D eigenvalue weighted by molar-refractivity contribution is -0.154. The van der Waals surface area contributed by atoms with E-state index in [-0.39, 0.29) is 18.9 Å². The SMILES string of the molecule is COC(=O)C1Cc2nc[nH]c2CN1C(=O)CCOc1ccccc1. The summed E-state index contributed by atoms with van der Waals surface area (Å²) in [5, 5.41) is 0. The van der Waals surface area contributed by atoms with Crippen molar-refractivity contribution in [2.45, 2.75) is 25.4 Å². The fourth-order valence-corrected chi connectivity index (χ4v) is 2.76. The van der Waals surface area contributed by atoms with E-state index in [0.717, 1.165) is 11.4 Å². The first kappa shape index (κ1) is 16.0. The molecule has 7 heteroatoms. The molecule has 1 unspecified atom stereocenters. The Kier molecular flexibility index (Phi) is 4.79. The molecule has 0 fully saturated rings. The molecular weight excluding hydrogens is 310 g/mol. The molecule has 1 aromatic carbocycles. The third-order valence-corrected chi connectivity index (χ3v) is 4.02. The van der Waals surface area contributed by atoms with Gasteiger partial charge in [0.15, 0.2) is 0 Å². The maximum Gasteiger partial charge on any atom is 0.329 e. The van der Waals surface area contributed by atoms with E-state index in [9.17, 15) is 9.59 Å². The first-order valence-electron chi connectivity index (χ1n) is 7.75. The van der Waals surface area contributed by atoms with Crippen LogP contribution in [0.2, 0.25) is 0 Å². The predicted octanol–water partition coefficient (Wildman–Crippen LogP) is 1.31. The van der Waals surface area contributed by atoms with Gasteiger partial charge < -0.3 is 19.4 Å². The summed E-state index contributed by atoms with van der Waals surface area (Å²) in [6.07, 6.45) is 2.12. The topological polar surface area (TPSA) is 84.5 Å². The van der Waals surface area contributed by atoms with Crippen LogP contribution in [0.5, 0.6) is 5.75 Å². The highest BCUT2D eigenvalue weighted by atomic mass is 16.5. The second-order valence-corrected chi connectivity index (χ2v) is 5.50. The molecule has 2 aromatic rings. The number of H-pyrrole nitrogens is 1. The minimum atomic E-state index is -0.643. The zero-order valence-corrected chi connectivity index (χ0v) is 13.4. The third-order valence-electron chi connectivity index (χ3n) is 4.02. The molecule has 1 N–H and O–H groups in total. The number of carbonyl (C=O) groups excluding carboxylic acids is 2. The monoisotopic (exact) mass is 329 g/mol. The minimum absolute atomic E-state index is 0.151. The van der Waals surface area contributed by atoms with Gasteiger partial charge in [-0.05, 0) is 12.1 Å². The van der Waals surface area contributed by atoms with Gasteiger partial charge in [-0.15, -0.1) is 0 Å². The Morgan fingerprint density at radius 1 is 1.33 bits per heavy atom. The van der Waals surface area contributed by atoms with Gasteiger partial charge in [-0.2, -0.15) is 0 Å². The number of amides is 1. The quantitative estimate of drug-likeness (QED) is 0.836. The van der Waals surface area contributed by atoms with Crippen molar-refractivity contribution in [3.8, 4) is 5.75 Å². The lowest BCUT2D eigenvalue weighted by Gasteiger charge is -2.33. The second-order valence-electron chi connectivity index (χ2n) is 5.50. The van der Waals surface area contributed by atoms with Crippen LogP contribution >= 0.6 is 0 Å². The van der Waals surface area contributed by atoms with E-state index >= 15 is 0 Å². The highest BCUT2D eigenvalue weighted by Crippen LogP contribution is 2.22. The maximum absolute atomic E-state index is 12.6. The van der Waals surface area contributed by atoms with Gasteiger partial charge in [0.1, 0.15) is 11.8 Å². The summed E-state index contributed by atoms with van der Waals surface area (Å²) in [4.78, 5) is 33.3. The lowest BCUT2D eigenvalue weighted by Crippen LogP contribution is -2.49. The summed E-state index contributed by atoms with van der Waals surface area (Å²) in [6.45, 7) is 0.572. The van der Waals surface area contributed by atoms with Crippen molar-refractivity contribution in [2.24, 2.45) is 0 Å². The fourth-order valence-electron chi connectivity index (χ4n) is 2.76. The summed E-state index contributed by atoms with van der Waals surface area (Å²) in [7, 11) is 1.32. The molecule has 0 saturated heterocycles. The lowest BCUT2D eigenvalue weighted by atomic mass is 10.0. The normalized spacial score (nSPS) is 16.4. The van der Waals surface area contributed by atoms with Gasteiger partial charge in [0, 0.05) is 6.42 Å². The molecule has 1 aliphatic heterocycles. The molecule has 0 aliphatic carbocycles. The number of para-hydroxylation sites is 1. The molecular formula is C17H19N3O4. The summed E-state index contributed by atoms with van der Waals surface area (Å²) in [5.41, 5.74) is 1.66. The van der Waals surface area contributed by atoms with Crippen molar-refractivity contribution in [2.75, 3.05) is 13.7 Å². The number of aromatic amines is 1. The van der Waals surface area contributed by atoms with Gasteiger partial charge in [-0.3, -0.25) is 4.79 Å². The van der Waals surface area contributed by atoms with E-state index < -0.39 is 12.0 Å². The van der Waals surface area contributed by atoms with E-state index in [1.165, 1.54) is 12.0 Å². The molecule has 1 amide bonds. The molecule has 24 heavy (non-hydrogen) atoms. The Bertz CT molecular complexity index is 714. The number of esters is 1. The molecule has 0 spiro atoms. The number of imidazole rings is 1. The smallest absolute Gasteiger partial charge is 0.329 e.